The Morgan fingerprint density at radius 3 is 2.29 bits per heavy atom. The number of carbonyl (C=O) groups excluding carboxylic acids is 2. The van der Waals surface area contributed by atoms with Crippen LogP contribution in [0, 0.1) is 0 Å². The van der Waals surface area contributed by atoms with Crippen LogP contribution in [0.5, 0.6) is 0 Å². The first-order valence-electron chi connectivity index (χ1n) is 10.7. The topological polar surface area (TPSA) is 59.1 Å². The Balaban J connectivity index is 1.87. The molecule has 1 aliphatic heterocycles. The Labute approximate surface area is 184 Å². The van der Waals surface area contributed by atoms with Gasteiger partial charge in [-0.1, -0.05) is 42.5 Å². The Morgan fingerprint density at radius 2 is 1.68 bits per heavy atom. The van der Waals surface area contributed by atoms with Gasteiger partial charge in [-0.05, 0) is 50.5 Å². The third-order valence-corrected chi connectivity index (χ3v) is 5.27. The molecule has 6 nitrogen and oxygen atoms in total. The number of nitrogens with zero attached hydrogens (tertiary/aromatic N) is 2. The predicted octanol–water partition coefficient (Wildman–Crippen LogP) is 4.66. The lowest BCUT2D eigenvalue weighted by Gasteiger charge is -2.34. The standard InChI is InChI=1S/C25H32N2O4/c1-25(2,3)31-24(29)27-16-8-15-26(17-19-9-6-5-7-10-19)18-22(27)20-11-13-21(14-12-20)23(28)30-4/h5-7,9-14,22H,8,15-18H2,1-4H3. The molecule has 1 saturated heterocycles. The highest BCUT2D eigenvalue weighted by Gasteiger charge is 2.32. The summed E-state index contributed by atoms with van der Waals surface area (Å²) >= 11 is 0. The van der Waals surface area contributed by atoms with Crippen molar-refractivity contribution >= 4 is 12.1 Å². The molecule has 0 bridgehead atoms. The number of benzene rings is 2. The van der Waals surface area contributed by atoms with Gasteiger partial charge < -0.3 is 9.47 Å². The molecule has 1 unspecified atom stereocenters. The van der Waals surface area contributed by atoms with Gasteiger partial charge in [-0.15, -0.1) is 0 Å². The minimum absolute atomic E-state index is 0.173. The van der Waals surface area contributed by atoms with Gasteiger partial charge >= 0.3 is 12.1 Å². The second kappa shape index (κ2) is 9.96. The van der Waals surface area contributed by atoms with Crippen LogP contribution < -0.4 is 0 Å². The van der Waals surface area contributed by atoms with Crippen molar-refractivity contribution in [2.75, 3.05) is 26.7 Å². The van der Waals surface area contributed by atoms with Crippen molar-refractivity contribution in [3.05, 3.63) is 71.3 Å². The Bertz CT molecular complexity index is 875. The summed E-state index contributed by atoms with van der Waals surface area (Å²) in [5.41, 5.74) is 2.14. The van der Waals surface area contributed by atoms with E-state index in [-0.39, 0.29) is 18.1 Å². The number of methoxy groups -OCH3 is 1. The molecule has 0 aliphatic carbocycles. The van der Waals surface area contributed by atoms with E-state index in [2.05, 4.69) is 17.0 Å². The zero-order chi connectivity index (χ0) is 22.4. The highest BCUT2D eigenvalue weighted by atomic mass is 16.6. The first-order chi connectivity index (χ1) is 14.8. The molecule has 1 amide bonds. The fraction of sp³-hybridized carbons (Fsp3) is 0.440. The number of carbonyl (C=O) groups is 2. The van der Waals surface area contributed by atoms with Crippen LogP contribution in [0.25, 0.3) is 0 Å². The number of ether oxygens (including phenoxy) is 2. The lowest BCUT2D eigenvalue weighted by atomic mass is 10.0. The summed E-state index contributed by atoms with van der Waals surface area (Å²) in [6, 6.07) is 17.5. The quantitative estimate of drug-likeness (QED) is 0.668. The molecule has 6 heteroatoms. The summed E-state index contributed by atoms with van der Waals surface area (Å²) in [6.45, 7) is 8.65. The van der Waals surface area contributed by atoms with E-state index in [1.807, 2.05) is 56.0 Å². The molecule has 1 heterocycles. The molecule has 1 atom stereocenters. The van der Waals surface area contributed by atoms with Gasteiger partial charge in [-0.3, -0.25) is 9.80 Å². The minimum atomic E-state index is -0.563. The van der Waals surface area contributed by atoms with Gasteiger partial charge in [0.2, 0.25) is 0 Å². The number of amides is 1. The molecule has 31 heavy (non-hydrogen) atoms. The summed E-state index contributed by atoms with van der Waals surface area (Å²) in [5.74, 6) is -0.373. The maximum atomic E-state index is 13.0. The third kappa shape index (κ3) is 6.31. The van der Waals surface area contributed by atoms with E-state index < -0.39 is 5.60 Å². The first-order valence-corrected chi connectivity index (χ1v) is 10.7. The van der Waals surface area contributed by atoms with Crippen molar-refractivity contribution in [2.45, 2.75) is 45.4 Å². The molecule has 0 radical (unpaired) electrons. The van der Waals surface area contributed by atoms with E-state index in [0.717, 1.165) is 25.1 Å². The Kier molecular flexibility index (Phi) is 7.33. The van der Waals surface area contributed by atoms with Crippen molar-refractivity contribution in [1.29, 1.82) is 0 Å². The zero-order valence-corrected chi connectivity index (χ0v) is 18.8. The molecule has 3 rings (SSSR count). The SMILES string of the molecule is COC(=O)c1ccc(C2CN(Cc3ccccc3)CCCN2C(=O)OC(C)(C)C)cc1. The molecule has 0 N–H and O–H groups in total. The van der Waals surface area contributed by atoms with E-state index >= 15 is 0 Å². The van der Waals surface area contributed by atoms with Gasteiger partial charge in [0, 0.05) is 26.2 Å². The Morgan fingerprint density at radius 1 is 1.00 bits per heavy atom. The van der Waals surface area contributed by atoms with Crippen LogP contribution in [-0.2, 0) is 16.0 Å². The number of hydrogen-bond acceptors (Lipinski definition) is 5. The van der Waals surface area contributed by atoms with E-state index in [1.165, 1.54) is 12.7 Å². The van der Waals surface area contributed by atoms with Crippen molar-refractivity contribution in [3.8, 4) is 0 Å². The summed E-state index contributed by atoms with van der Waals surface area (Å²) < 4.78 is 10.5. The van der Waals surface area contributed by atoms with E-state index in [0.29, 0.717) is 18.7 Å². The minimum Gasteiger partial charge on any atom is -0.465 e. The second-order valence-corrected chi connectivity index (χ2v) is 8.88. The van der Waals surface area contributed by atoms with Gasteiger partial charge in [0.05, 0.1) is 18.7 Å². The van der Waals surface area contributed by atoms with Gasteiger partial charge in [-0.25, -0.2) is 9.59 Å². The number of rotatable bonds is 4. The van der Waals surface area contributed by atoms with Crippen LogP contribution in [0.3, 0.4) is 0 Å². The Hall–Kier alpha value is -2.86. The van der Waals surface area contributed by atoms with E-state index in [1.54, 1.807) is 12.1 Å². The highest BCUT2D eigenvalue weighted by Crippen LogP contribution is 2.28. The summed E-state index contributed by atoms with van der Waals surface area (Å²) in [6.07, 6.45) is 0.555. The number of hydrogen-bond donors (Lipinski definition) is 0. The van der Waals surface area contributed by atoms with Crippen molar-refractivity contribution in [3.63, 3.8) is 0 Å². The molecule has 0 aromatic heterocycles. The van der Waals surface area contributed by atoms with Crippen molar-refractivity contribution in [2.24, 2.45) is 0 Å². The summed E-state index contributed by atoms with van der Waals surface area (Å²) in [4.78, 5) is 29.1. The predicted molar refractivity (Wildman–Crippen MR) is 120 cm³/mol. The van der Waals surface area contributed by atoms with Gasteiger partial charge in [0.1, 0.15) is 5.60 Å². The van der Waals surface area contributed by atoms with Crippen LogP contribution in [-0.4, -0.2) is 54.2 Å². The molecule has 2 aromatic rings. The summed E-state index contributed by atoms with van der Waals surface area (Å²) in [7, 11) is 1.37. The second-order valence-electron chi connectivity index (χ2n) is 8.88. The fourth-order valence-electron chi connectivity index (χ4n) is 3.82. The average Bonchev–Trinajstić information content (AvgIpc) is 2.95. The van der Waals surface area contributed by atoms with E-state index in [9.17, 15) is 9.59 Å². The monoisotopic (exact) mass is 424 g/mol. The number of esters is 1. The lowest BCUT2D eigenvalue weighted by Crippen LogP contribution is -2.41. The van der Waals surface area contributed by atoms with Crippen LogP contribution >= 0.6 is 0 Å². The normalized spacial score (nSPS) is 17.7. The van der Waals surface area contributed by atoms with Crippen LogP contribution in [0.2, 0.25) is 0 Å². The van der Waals surface area contributed by atoms with E-state index in [4.69, 9.17) is 9.47 Å². The van der Waals surface area contributed by atoms with Crippen molar-refractivity contribution < 1.29 is 19.1 Å². The van der Waals surface area contributed by atoms with Gasteiger partial charge in [-0.2, -0.15) is 0 Å². The molecule has 0 spiro atoms. The highest BCUT2D eigenvalue weighted by molar-refractivity contribution is 5.89. The first kappa shape index (κ1) is 22.8. The summed E-state index contributed by atoms with van der Waals surface area (Å²) in [5, 5.41) is 0. The molecule has 2 aromatic carbocycles. The molecule has 1 fully saturated rings. The molecular weight excluding hydrogens is 392 g/mol. The fourth-order valence-corrected chi connectivity index (χ4v) is 3.82. The van der Waals surface area contributed by atoms with Crippen LogP contribution in [0.15, 0.2) is 54.6 Å². The molecule has 166 valence electrons. The molecule has 0 saturated carbocycles. The van der Waals surface area contributed by atoms with Gasteiger partial charge in [0.15, 0.2) is 0 Å². The lowest BCUT2D eigenvalue weighted by molar-refractivity contribution is 0.0158. The zero-order valence-electron chi connectivity index (χ0n) is 18.8. The van der Waals surface area contributed by atoms with Gasteiger partial charge in [0.25, 0.3) is 0 Å². The van der Waals surface area contributed by atoms with Crippen LogP contribution in [0.1, 0.15) is 54.7 Å². The van der Waals surface area contributed by atoms with Crippen molar-refractivity contribution in [1.82, 2.24) is 9.80 Å². The average molecular weight is 425 g/mol. The molecule has 1 aliphatic rings. The maximum Gasteiger partial charge on any atom is 0.410 e. The smallest absolute Gasteiger partial charge is 0.410 e. The molecular formula is C25H32N2O4. The third-order valence-electron chi connectivity index (χ3n) is 5.27. The largest absolute Gasteiger partial charge is 0.465 e. The van der Waals surface area contributed by atoms with Crippen LogP contribution in [0.4, 0.5) is 4.79 Å². The maximum absolute atomic E-state index is 13.0.